The fraction of sp³-hybridized carbons (Fsp3) is 0.879. The van der Waals surface area contributed by atoms with E-state index < -0.39 is 5.41 Å². The minimum Gasteiger partial charge on any atom is -0.393 e. The van der Waals surface area contributed by atoms with E-state index in [9.17, 15) is 14.7 Å². The summed E-state index contributed by atoms with van der Waals surface area (Å²) in [4.78, 5) is 26.0. The van der Waals surface area contributed by atoms with E-state index in [4.69, 9.17) is 0 Å². The van der Waals surface area contributed by atoms with Gasteiger partial charge in [0.25, 0.3) is 0 Å². The highest BCUT2D eigenvalue weighted by Gasteiger charge is 2.69. The fourth-order valence-corrected chi connectivity index (χ4v) is 11.3. The first-order valence-electron chi connectivity index (χ1n) is 15.6. The number of hydrogen-bond donors (Lipinski definition) is 3. The van der Waals surface area contributed by atoms with Crippen molar-refractivity contribution in [2.24, 2.45) is 56.7 Å². The van der Waals surface area contributed by atoms with Crippen LogP contribution in [0.4, 0.5) is 0 Å². The fourth-order valence-electron chi connectivity index (χ4n) is 11.3. The van der Waals surface area contributed by atoms with Gasteiger partial charge in [0.05, 0.1) is 18.1 Å². The van der Waals surface area contributed by atoms with Crippen molar-refractivity contribution in [3.8, 4) is 0 Å². The number of fused-ring (bicyclic) bond motifs is 7. The minimum atomic E-state index is -0.410. The Morgan fingerprint density at radius 1 is 0.947 bits per heavy atom. The second-order valence-corrected chi connectivity index (χ2v) is 15.5. The topological polar surface area (TPSA) is 78.4 Å². The number of allylic oxidation sites excluding steroid dienone is 2. The van der Waals surface area contributed by atoms with Gasteiger partial charge in [-0.25, -0.2) is 0 Å². The molecule has 4 fully saturated rings. The summed E-state index contributed by atoms with van der Waals surface area (Å²) in [5.74, 6) is 2.37. The number of amides is 2. The number of hydrogen-bond acceptors (Lipinski definition) is 3. The van der Waals surface area contributed by atoms with E-state index in [0.717, 1.165) is 44.9 Å². The summed E-state index contributed by atoms with van der Waals surface area (Å²) in [7, 11) is 1.62. The molecule has 0 spiro atoms. The van der Waals surface area contributed by atoms with Crippen LogP contribution in [0, 0.1) is 56.7 Å². The zero-order valence-electron chi connectivity index (χ0n) is 25.4. The molecule has 10 atom stereocenters. The maximum Gasteiger partial charge on any atom is 0.239 e. The van der Waals surface area contributed by atoms with Crippen LogP contribution < -0.4 is 10.6 Å². The highest BCUT2D eigenvalue weighted by atomic mass is 16.3. The number of carbonyl (C=O) groups is 2. The molecule has 38 heavy (non-hydrogen) atoms. The average molecular weight is 527 g/mol. The van der Waals surface area contributed by atoms with E-state index in [1.54, 1.807) is 12.6 Å². The SMILES string of the molecule is CNC(=O)CNC(=O)[C@]12CC[C@@H](C)[C@H](C)C1C1=CCC3[C@@]4(C)CC[C@H](O)C(C)(C)C4CC[C@@]3(C)[C@]1(C)CC2. The molecule has 0 aliphatic heterocycles. The largest absolute Gasteiger partial charge is 0.393 e. The number of nitrogens with one attached hydrogen (secondary N) is 2. The summed E-state index contributed by atoms with van der Waals surface area (Å²) < 4.78 is 0. The third-order valence-electron chi connectivity index (χ3n) is 14.1. The van der Waals surface area contributed by atoms with Gasteiger partial charge in [0.15, 0.2) is 0 Å². The number of rotatable bonds is 3. The van der Waals surface area contributed by atoms with E-state index >= 15 is 0 Å². The Kier molecular flexibility index (Phi) is 6.73. The van der Waals surface area contributed by atoms with Crippen LogP contribution in [0.25, 0.3) is 0 Å². The van der Waals surface area contributed by atoms with Gasteiger partial charge in [-0.1, -0.05) is 60.1 Å². The normalized spacial score (nSPS) is 49.3. The molecule has 214 valence electrons. The molecule has 0 heterocycles. The van der Waals surface area contributed by atoms with Crippen LogP contribution >= 0.6 is 0 Å². The van der Waals surface area contributed by atoms with Gasteiger partial charge >= 0.3 is 0 Å². The predicted octanol–water partition coefficient (Wildman–Crippen LogP) is 5.87. The molecule has 3 unspecified atom stereocenters. The summed E-state index contributed by atoms with van der Waals surface area (Å²) in [5.41, 5.74) is 1.60. The molecular formula is C33H54N2O3. The highest BCUT2D eigenvalue weighted by Crippen LogP contribution is 2.75. The zero-order valence-corrected chi connectivity index (χ0v) is 25.4. The summed E-state index contributed by atoms with van der Waals surface area (Å²) in [6.45, 7) is 17.1. The Morgan fingerprint density at radius 2 is 1.66 bits per heavy atom. The van der Waals surface area contributed by atoms with Gasteiger partial charge in [0.1, 0.15) is 0 Å². The Morgan fingerprint density at radius 3 is 2.34 bits per heavy atom. The quantitative estimate of drug-likeness (QED) is 0.403. The standard InChI is InChI=1S/C33H54N2O3/c1-20-11-16-33(28(38)35-19-26(37)34-8)18-17-31(6)22(27(33)21(20)2)9-10-24-30(5)14-13-25(36)29(3,4)23(30)12-15-32(24,31)7/h9,20-21,23-25,27,36H,10-19H2,1-8H3,(H,34,37)(H,35,38)/t20-,21+,23?,24?,25+,27?,30+,31-,32-,33+/m1/s1. The Bertz CT molecular complexity index is 1020. The highest BCUT2D eigenvalue weighted by molar-refractivity contribution is 5.88. The van der Waals surface area contributed by atoms with Crippen LogP contribution in [0.5, 0.6) is 0 Å². The average Bonchev–Trinajstić information content (AvgIpc) is 2.87. The van der Waals surface area contributed by atoms with Gasteiger partial charge in [-0.2, -0.15) is 0 Å². The van der Waals surface area contributed by atoms with Crippen molar-refractivity contribution in [2.45, 2.75) is 112 Å². The monoisotopic (exact) mass is 526 g/mol. The minimum absolute atomic E-state index is 0.0445. The van der Waals surface area contributed by atoms with Crippen molar-refractivity contribution < 1.29 is 14.7 Å². The second-order valence-electron chi connectivity index (χ2n) is 15.5. The van der Waals surface area contributed by atoms with E-state index in [1.165, 1.54) is 12.8 Å². The molecular weight excluding hydrogens is 472 g/mol. The van der Waals surface area contributed by atoms with Crippen molar-refractivity contribution in [2.75, 3.05) is 13.6 Å². The second kappa shape index (κ2) is 9.08. The lowest BCUT2D eigenvalue weighted by atomic mass is 9.33. The van der Waals surface area contributed by atoms with Gasteiger partial charge in [-0.15, -0.1) is 0 Å². The first kappa shape index (κ1) is 28.2. The summed E-state index contributed by atoms with van der Waals surface area (Å²) in [6.07, 6.45) is 11.9. The zero-order chi connectivity index (χ0) is 27.9. The van der Waals surface area contributed by atoms with Crippen molar-refractivity contribution in [3.63, 3.8) is 0 Å². The maximum absolute atomic E-state index is 14.0. The number of likely N-dealkylation sites (N-methyl/N-ethyl adjacent to an activating group) is 1. The number of aliphatic hydroxyl groups excluding tert-OH is 1. The molecule has 0 saturated heterocycles. The molecule has 0 aromatic carbocycles. The molecule has 2 amide bonds. The molecule has 0 bridgehead atoms. The van der Waals surface area contributed by atoms with Gasteiger partial charge in [-0.05, 0) is 109 Å². The Labute approximate surface area is 231 Å². The van der Waals surface area contributed by atoms with E-state index in [1.807, 2.05) is 0 Å². The molecule has 5 aliphatic carbocycles. The van der Waals surface area contributed by atoms with Crippen LogP contribution in [0.3, 0.4) is 0 Å². The summed E-state index contributed by atoms with van der Waals surface area (Å²) >= 11 is 0. The molecule has 3 N–H and O–H groups in total. The maximum atomic E-state index is 14.0. The number of carbonyl (C=O) groups excluding carboxylic acids is 2. The van der Waals surface area contributed by atoms with Gasteiger partial charge in [0, 0.05) is 7.05 Å². The molecule has 5 heteroatoms. The molecule has 5 rings (SSSR count). The Hall–Kier alpha value is -1.36. The van der Waals surface area contributed by atoms with E-state index in [0.29, 0.717) is 23.7 Å². The summed E-state index contributed by atoms with van der Waals surface area (Å²) in [5, 5.41) is 16.7. The molecule has 0 aromatic rings. The first-order valence-corrected chi connectivity index (χ1v) is 15.6. The first-order chi connectivity index (χ1) is 17.7. The van der Waals surface area contributed by atoms with Crippen LogP contribution in [0.1, 0.15) is 106 Å². The Balaban J connectivity index is 1.55. The smallest absolute Gasteiger partial charge is 0.239 e. The van der Waals surface area contributed by atoms with E-state index in [2.05, 4.69) is 65.2 Å². The molecule has 5 aliphatic rings. The van der Waals surface area contributed by atoms with Gasteiger partial charge < -0.3 is 15.7 Å². The van der Waals surface area contributed by atoms with Crippen molar-refractivity contribution >= 4 is 11.8 Å². The van der Waals surface area contributed by atoms with Gasteiger partial charge in [0.2, 0.25) is 11.8 Å². The predicted molar refractivity (Wildman–Crippen MR) is 152 cm³/mol. The molecule has 0 radical (unpaired) electrons. The van der Waals surface area contributed by atoms with Crippen molar-refractivity contribution in [3.05, 3.63) is 11.6 Å². The van der Waals surface area contributed by atoms with Crippen LogP contribution in [-0.4, -0.2) is 36.6 Å². The van der Waals surface area contributed by atoms with Crippen LogP contribution in [-0.2, 0) is 9.59 Å². The third kappa shape index (κ3) is 3.58. The number of aliphatic hydroxyl groups is 1. The van der Waals surface area contributed by atoms with Crippen LogP contribution in [0.15, 0.2) is 11.6 Å². The van der Waals surface area contributed by atoms with Gasteiger partial charge in [-0.3, -0.25) is 9.59 Å². The molecule has 4 saturated carbocycles. The summed E-state index contributed by atoms with van der Waals surface area (Å²) in [6, 6.07) is 0. The van der Waals surface area contributed by atoms with Crippen LogP contribution in [0.2, 0.25) is 0 Å². The lowest BCUT2D eigenvalue weighted by molar-refractivity contribution is -0.204. The molecule has 5 nitrogen and oxygen atoms in total. The van der Waals surface area contributed by atoms with E-state index in [-0.39, 0.29) is 52.0 Å². The molecule has 0 aromatic heterocycles. The van der Waals surface area contributed by atoms with Crippen molar-refractivity contribution in [1.82, 2.24) is 10.6 Å². The lowest BCUT2D eigenvalue weighted by Gasteiger charge is -2.71. The van der Waals surface area contributed by atoms with Crippen molar-refractivity contribution in [1.29, 1.82) is 0 Å². The lowest BCUT2D eigenvalue weighted by Crippen LogP contribution is -2.66. The third-order valence-corrected chi connectivity index (χ3v) is 14.1.